The van der Waals surface area contributed by atoms with Crippen molar-refractivity contribution in [3.05, 3.63) is 95.6 Å². The summed E-state index contributed by atoms with van der Waals surface area (Å²) in [5.41, 5.74) is 3.28. The Morgan fingerprint density at radius 2 is 1.60 bits per heavy atom. The molecule has 0 heterocycles. The number of hydrogen-bond donors (Lipinski definition) is 1. The highest BCUT2D eigenvalue weighted by Crippen LogP contribution is 2.24. The van der Waals surface area contributed by atoms with E-state index in [9.17, 15) is 18.0 Å². The third kappa shape index (κ3) is 9.32. The molecule has 1 N–H and O–H groups in total. The second-order valence-electron chi connectivity index (χ2n) is 11.3. The monoisotopic (exact) mass is 605 g/mol. The first-order chi connectivity index (χ1) is 20.6. The number of anilines is 1. The maximum Gasteiger partial charge on any atom is 0.244 e. The minimum atomic E-state index is -3.83. The van der Waals surface area contributed by atoms with E-state index in [2.05, 4.69) is 5.32 Å². The van der Waals surface area contributed by atoms with Crippen LogP contribution >= 0.6 is 0 Å². The van der Waals surface area contributed by atoms with Crippen molar-refractivity contribution in [3.63, 3.8) is 0 Å². The van der Waals surface area contributed by atoms with E-state index < -0.39 is 28.5 Å². The summed E-state index contributed by atoms with van der Waals surface area (Å²) in [5.74, 6) is -0.0536. The molecule has 0 bridgehead atoms. The lowest BCUT2D eigenvalue weighted by molar-refractivity contribution is -0.140. The van der Waals surface area contributed by atoms with Crippen molar-refractivity contribution in [1.29, 1.82) is 0 Å². The van der Waals surface area contributed by atoms with Gasteiger partial charge in [0.25, 0.3) is 0 Å². The number of hydrogen-bond acceptors (Lipinski definition) is 5. The van der Waals surface area contributed by atoms with Gasteiger partial charge in [0.2, 0.25) is 21.8 Å². The molecule has 0 radical (unpaired) electrons. The van der Waals surface area contributed by atoms with E-state index in [1.165, 1.54) is 11.3 Å². The molecule has 1 atom stereocenters. The molecule has 3 aromatic carbocycles. The topological polar surface area (TPSA) is 96.0 Å². The molecule has 0 spiro atoms. The van der Waals surface area contributed by atoms with Gasteiger partial charge in [-0.25, -0.2) is 8.42 Å². The molecule has 0 saturated heterocycles. The van der Waals surface area contributed by atoms with Crippen LogP contribution in [0.15, 0.2) is 78.9 Å². The number of nitrogens with one attached hydrogen (secondary N) is 1. The molecule has 43 heavy (non-hydrogen) atoms. The lowest BCUT2D eigenvalue weighted by atomic mass is 9.95. The van der Waals surface area contributed by atoms with Gasteiger partial charge in [-0.3, -0.25) is 13.9 Å². The fourth-order valence-electron chi connectivity index (χ4n) is 5.53. The maximum absolute atomic E-state index is 14.0. The molecule has 2 amide bonds. The maximum atomic E-state index is 14.0. The Morgan fingerprint density at radius 3 is 2.23 bits per heavy atom. The van der Waals surface area contributed by atoms with Gasteiger partial charge in [-0.1, -0.05) is 86.3 Å². The van der Waals surface area contributed by atoms with Crippen LogP contribution in [0.1, 0.15) is 62.1 Å². The largest absolute Gasteiger partial charge is 0.489 e. The van der Waals surface area contributed by atoms with Gasteiger partial charge in [0.15, 0.2) is 0 Å². The zero-order valence-electron chi connectivity index (χ0n) is 25.4. The molecule has 1 unspecified atom stereocenters. The summed E-state index contributed by atoms with van der Waals surface area (Å²) in [6, 6.07) is 23.5. The predicted octanol–water partition coefficient (Wildman–Crippen LogP) is 5.60. The highest BCUT2D eigenvalue weighted by atomic mass is 32.2. The lowest BCUT2D eigenvalue weighted by Gasteiger charge is -2.34. The van der Waals surface area contributed by atoms with Crippen molar-refractivity contribution in [2.24, 2.45) is 0 Å². The SMILES string of the molecule is CCC(C(=O)NC1CCCCC1)N(Cc1cccc(C)c1)C(=O)CN(c1ccc(OCc2ccccc2)cc1)S(C)(=O)=O. The third-order valence-corrected chi connectivity index (χ3v) is 8.97. The fourth-order valence-corrected chi connectivity index (χ4v) is 6.38. The lowest BCUT2D eigenvalue weighted by Crippen LogP contribution is -2.53. The summed E-state index contributed by atoms with van der Waals surface area (Å²) in [4.78, 5) is 29.1. The van der Waals surface area contributed by atoms with Crippen LogP contribution in [-0.4, -0.2) is 50.0 Å². The zero-order valence-corrected chi connectivity index (χ0v) is 26.2. The molecule has 1 aliphatic rings. The van der Waals surface area contributed by atoms with Crippen molar-refractivity contribution in [2.75, 3.05) is 17.1 Å². The van der Waals surface area contributed by atoms with Crippen molar-refractivity contribution in [1.82, 2.24) is 10.2 Å². The van der Waals surface area contributed by atoms with E-state index in [1.54, 1.807) is 24.3 Å². The quantitative estimate of drug-likeness (QED) is 0.274. The summed E-state index contributed by atoms with van der Waals surface area (Å²) < 4.78 is 32.9. The van der Waals surface area contributed by atoms with E-state index in [-0.39, 0.29) is 18.5 Å². The predicted molar refractivity (Wildman–Crippen MR) is 170 cm³/mol. The average molecular weight is 606 g/mol. The Balaban J connectivity index is 1.55. The van der Waals surface area contributed by atoms with E-state index >= 15 is 0 Å². The molecule has 9 heteroatoms. The molecule has 1 aliphatic carbocycles. The third-order valence-electron chi connectivity index (χ3n) is 7.83. The van der Waals surface area contributed by atoms with Gasteiger partial charge in [0, 0.05) is 12.6 Å². The second-order valence-corrected chi connectivity index (χ2v) is 13.2. The Kier molecular flexibility index (Phi) is 11.2. The molecule has 230 valence electrons. The van der Waals surface area contributed by atoms with Crippen LogP contribution in [0.25, 0.3) is 0 Å². The highest BCUT2D eigenvalue weighted by Gasteiger charge is 2.32. The molecule has 1 saturated carbocycles. The van der Waals surface area contributed by atoms with Crippen molar-refractivity contribution in [3.8, 4) is 5.75 Å². The molecular formula is C34H43N3O5S. The first-order valence-electron chi connectivity index (χ1n) is 15.0. The number of aryl methyl sites for hydroxylation is 1. The number of carbonyl (C=O) groups excluding carboxylic acids is 2. The normalized spacial score (nSPS) is 14.5. The van der Waals surface area contributed by atoms with Crippen LogP contribution < -0.4 is 14.4 Å². The number of ether oxygens (including phenoxy) is 1. The van der Waals surface area contributed by atoms with E-state index in [0.29, 0.717) is 24.5 Å². The number of rotatable bonds is 13. The molecular weight excluding hydrogens is 562 g/mol. The van der Waals surface area contributed by atoms with Crippen LogP contribution in [0, 0.1) is 6.92 Å². The average Bonchev–Trinajstić information content (AvgIpc) is 2.99. The van der Waals surface area contributed by atoms with Gasteiger partial charge < -0.3 is 15.0 Å². The summed E-state index contributed by atoms with van der Waals surface area (Å²) in [6.45, 7) is 4.00. The highest BCUT2D eigenvalue weighted by molar-refractivity contribution is 7.92. The first kappa shape index (κ1) is 32.1. The fraction of sp³-hybridized carbons (Fsp3) is 0.412. The number of amides is 2. The molecule has 1 fully saturated rings. The minimum Gasteiger partial charge on any atom is -0.489 e. The second kappa shape index (κ2) is 15.0. The van der Waals surface area contributed by atoms with Gasteiger partial charge in [-0.15, -0.1) is 0 Å². The molecule has 3 aromatic rings. The van der Waals surface area contributed by atoms with Crippen LogP contribution in [0.4, 0.5) is 5.69 Å². The van der Waals surface area contributed by atoms with Crippen LogP contribution in [-0.2, 0) is 32.8 Å². The standard InChI is InChI=1S/C34H43N3O5S/c1-4-32(34(39)35-29-16-9-6-10-17-29)36(23-28-15-11-12-26(2)22-28)33(38)24-37(43(3,40)41)30-18-20-31(21-19-30)42-25-27-13-7-5-8-14-27/h5,7-8,11-15,18-22,29,32H,4,6,9-10,16-17,23-25H2,1-3H3,(H,35,39). The Bertz CT molecular complexity index is 1450. The molecule has 0 aliphatic heterocycles. The van der Waals surface area contributed by atoms with Crippen LogP contribution in [0.3, 0.4) is 0 Å². The van der Waals surface area contributed by atoms with Crippen LogP contribution in [0.5, 0.6) is 5.75 Å². The number of benzene rings is 3. The van der Waals surface area contributed by atoms with Crippen LogP contribution in [0.2, 0.25) is 0 Å². The first-order valence-corrected chi connectivity index (χ1v) is 16.9. The van der Waals surface area contributed by atoms with Gasteiger partial charge in [0.05, 0.1) is 11.9 Å². The van der Waals surface area contributed by atoms with Gasteiger partial charge in [-0.05, 0) is 61.6 Å². The van der Waals surface area contributed by atoms with E-state index in [4.69, 9.17) is 4.74 Å². The van der Waals surface area contributed by atoms with Crippen molar-refractivity contribution < 1.29 is 22.7 Å². The molecule has 4 rings (SSSR count). The zero-order chi connectivity index (χ0) is 30.8. The summed E-state index contributed by atoms with van der Waals surface area (Å²) in [7, 11) is -3.83. The van der Waals surface area contributed by atoms with Gasteiger partial charge in [-0.2, -0.15) is 0 Å². The number of nitrogens with zero attached hydrogens (tertiary/aromatic N) is 2. The Labute approximate surface area is 256 Å². The summed E-state index contributed by atoms with van der Waals surface area (Å²) in [6.07, 6.45) is 6.67. The van der Waals surface area contributed by atoms with Gasteiger partial charge >= 0.3 is 0 Å². The molecule has 0 aromatic heterocycles. The van der Waals surface area contributed by atoms with Gasteiger partial charge in [0.1, 0.15) is 24.9 Å². The minimum absolute atomic E-state index is 0.0985. The Morgan fingerprint density at radius 1 is 0.930 bits per heavy atom. The number of carbonyl (C=O) groups is 2. The van der Waals surface area contributed by atoms with E-state index in [0.717, 1.165) is 52.9 Å². The molecule has 8 nitrogen and oxygen atoms in total. The number of sulfonamides is 1. The van der Waals surface area contributed by atoms with Crippen molar-refractivity contribution in [2.45, 2.75) is 77.6 Å². The van der Waals surface area contributed by atoms with E-state index in [1.807, 2.05) is 68.4 Å². The Hall–Kier alpha value is -3.85. The summed E-state index contributed by atoms with van der Waals surface area (Å²) >= 11 is 0. The van der Waals surface area contributed by atoms with Crippen molar-refractivity contribution >= 4 is 27.5 Å². The smallest absolute Gasteiger partial charge is 0.244 e. The summed E-state index contributed by atoms with van der Waals surface area (Å²) in [5, 5.41) is 3.17.